The second-order valence-electron chi connectivity index (χ2n) is 4.34. The Kier molecular flexibility index (Phi) is 3.76. The first-order valence-electron chi connectivity index (χ1n) is 5.83. The molecule has 0 aliphatic rings. The highest BCUT2D eigenvalue weighted by Gasteiger charge is 2.14. The summed E-state index contributed by atoms with van der Waals surface area (Å²) >= 11 is 8.75. The Morgan fingerprint density at radius 1 is 1.00 bits per heavy atom. The number of hydrogen-bond donors (Lipinski definition) is 1. The summed E-state index contributed by atoms with van der Waals surface area (Å²) in [5.74, 6) is 0. The maximum absolute atomic E-state index is 6.42. The van der Waals surface area contributed by atoms with Crippen molar-refractivity contribution < 1.29 is 0 Å². The van der Waals surface area contributed by atoms with E-state index in [4.69, 9.17) is 5.73 Å². The van der Waals surface area contributed by atoms with E-state index in [2.05, 4.69) is 73.6 Å². The van der Waals surface area contributed by atoms with Gasteiger partial charge in [0.05, 0.1) is 9.83 Å². The summed E-state index contributed by atoms with van der Waals surface area (Å²) in [5.41, 5.74) is 8.72. The molecule has 0 aliphatic carbocycles. The van der Waals surface area contributed by atoms with Gasteiger partial charge in [-0.25, -0.2) is 0 Å². The minimum Gasteiger partial charge on any atom is -0.320 e. The highest BCUT2D eigenvalue weighted by molar-refractivity contribution is 9.11. The predicted molar refractivity (Wildman–Crippen MR) is 89.7 cm³/mol. The van der Waals surface area contributed by atoms with E-state index < -0.39 is 0 Å². The summed E-state index contributed by atoms with van der Waals surface area (Å²) in [7, 11) is 0. The minimum atomic E-state index is -0.0967. The summed E-state index contributed by atoms with van der Waals surface area (Å²) in [4.78, 5) is 0. The average molecular weight is 397 g/mol. The fraction of sp³-hybridized carbons (Fsp3) is 0.0667. The molecule has 0 amide bonds. The van der Waals surface area contributed by atoms with Crippen LogP contribution in [0.3, 0.4) is 0 Å². The number of nitrogens with two attached hydrogens (primary N) is 1. The zero-order chi connectivity index (χ0) is 13.4. The lowest BCUT2D eigenvalue weighted by atomic mass is 9.96. The first kappa shape index (κ1) is 13.3. The maximum atomic E-state index is 6.42. The second-order valence-corrected chi connectivity index (χ2v) is 7.49. The molecule has 96 valence electrons. The van der Waals surface area contributed by atoms with Crippen molar-refractivity contribution in [1.29, 1.82) is 0 Å². The Bertz CT molecular complexity index is 736. The molecule has 3 aromatic rings. The monoisotopic (exact) mass is 395 g/mol. The van der Waals surface area contributed by atoms with Crippen LogP contribution in [0.5, 0.6) is 0 Å². The summed E-state index contributed by atoms with van der Waals surface area (Å²) < 4.78 is 2.21. The lowest BCUT2D eigenvalue weighted by molar-refractivity contribution is 0.886. The highest BCUT2D eigenvalue weighted by atomic mass is 79.9. The molecule has 1 nitrogen and oxygen atoms in total. The summed E-state index contributed by atoms with van der Waals surface area (Å²) in [6.07, 6.45) is 0. The van der Waals surface area contributed by atoms with Crippen molar-refractivity contribution in [3.8, 4) is 0 Å². The van der Waals surface area contributed by atoms with E-state index in [0.29, 0.717) is 0 Å². The molecule has 1 aromatic heterocycles. The van der Waals surface area contributed by atoms with Gasteiger partial charge in [-0.2, -0.15) is 0 Å². The van der Waals surface area contributed by atoms with Crippen molar-refractivity contribution in [3.05, 3.63) is 67.2 Å². The first-order valence-corrected chi connectivity index (χ1v) is 8.30. The van der Waals surface area contributed by atoms with Gasteiger partial charge in [-0.15, -0.1) is 11.3 Å². The van der Waals surface area contributed by atoms with Gasteiger partial charge in [0.2, 0.25) is 0 Å². The summed E-state index contributed by atoms with van der Waals surface area (Å²) in [6.45, 7) is 0. The van der Waals surface area contributed by atoms with Crippen LogP contribution in [0.4, 0.5) is 0 Å². The van der Waals surface area contributed by atoms with E-state index in [1.54, 1.807) is 11.3 Å². The third kappa shape index (κ3) is 2.50. The molecule has 0 bridgehead atoms. The van der Waals surface area contributed by atoms with Crippen LogP contribution in [-0.4, -0.2) is 0 Å². The van der Waals surface area contributed by atoms with Crippen molar-refractivity contribution in [1.82, 2.24) is 0 Å². The molecule has 0 saturated heterocycles. The van der Waals surface area contributed by atoms with Crippen molar-refractivity contribution in [3.63, 3.8) is 0 Å². The lowest BCUT2D eigenvalue weighted by Gasteiger charge is -2.14. The molecule has 1 heterocycles. The number of hydrogen-bond acceptors (Lipinski definition) is 2. The van der Waals surface area contributed by atoms with Gasteiger partial charge < -0.3 is 5.73 Å². The molecule has 1 unspecified atom stereocenters. The largest absolute Gasteiger partial charge is 0.320 e. The van der Waals surface area contributed by atoms with Crippen LogP contribution in [0, 0.1) is 0 Å². The molecule has 2 N–H and O–H groups in total. The second kappa shape index (κ2) is 5.37. The van der Waals surface area contributed by atoms with Gasteiger partial charge in [0.15, 0.2) is 0 Å². The van der Waals surface area contributed by atoms with E-state index in [0.717, 1.165) is 19.4 Å². The number of halogens is 2. The van der Waals surface area contributed by atoms with E-state index in [1.165, 1.54) is 10.8 Å². The number of fused-ring (bicyclic) bond motifs is 1. The molecule has 0 fully saturated rings. The molecule has 2 aromatic carbocycles. The maximum Gasteiger partial charge on any atom is 0.0701 e. The molecule has 19 heavy (non-hydrogen) atoms. The molecule has 1 atom stereocenters. The molecule has 0 saturated carbocycles. The Morgan fingerprint density at radius 2 is 1.74 bits per heavy atom. The molecule has 0 spiro atoms. The quantitative estimate of drug-likeness (QED) is 0.610. The lowest BCUT2D eigenvalue weighted by Crippen LogP contribution is -2.11. The van der Waals surface area contributed by atoms with Crippen LogP contribution >= 0.6 is 43.2 Å². The molecular formula is C15H11Br2NS. The minimum absolute atomic E-state index is 0.0967. The van der Waals surface area contributed by atoms with Gasteiger partial charge in [-0.1, -0.05) is 46.3 Å². The Balaban J connectivity index is 2.18. The van der Waals surface area contributed by atoms with Gasteiger partial charge in [-0.05, 0) is 55.3 Å². The average Bonchev–Trinajstić information content (AvgIpc) is 2.86. The number of thiophene rings is 1. The van der Waals surface area contributed by atoms with Gasteiger partial charge in [0.25, 0.3) is 0 Å². The van der Waals surface area contributed by atoms with Crippen LogP contribution in [0.15, 0.2) is 56.1 Å². The van der Waals surface area contributed by atoms with Gasteiger partial charge in [-0.3, -0.25) is 0 Å². The van der Waals surface area contributed by atoms with Crippen LogP contribution in [0.2, 0.25) is 0 Å². The van der Waals surface area contributed by atoms with Gasteiger partial charge in [0.1, 0.15) is 0 Å². The highest BCUT2D eigenvalue weighted by Crippen LogP contribution is 2.34. The van der Waals surface area contributed by atoms with Gasteiger partial charge >= 0.3 is 0 Å². The van der Waals surface area contributed by atoms with E-state index in [1.807, 2.05) is 6.07 Å². The Morgan fingerprint density at radius 3 is 2.42 bits per heavy atom. The Labute approximate surface area is 132 Å². The number of benzene rings is 2. The summed E-state index contributed by atoms with van der Waals surface area (Å²) in [5, 5.41) is 4.50. The first-order chi connectivity index (χ1) is 9.16. The third-order valence-electron chi connectivity index (χ3n) is 3.19. The molecule has 0 aliphatic heterocycles. The summed E-state index contributed by atoms with van der Waals surface area (Å²) in [6, 6.07) is 14.5. The molecule has 0 radical (unpaired) electrons. The zero-order valence-electron chi connectivity index (χ0n) is 9.94. The normalized spacial score (nSPS) is 12.8. The van der Waals surface area contributed by atoms with Crippen LogP contribution in [-0.2, 0) is 0 Å². The standard InChI is InChI=1S/C15H11Br2NS/c16-13-6-5-12(10-3-1-2-4-11(10)13)15(18)9-7-14(17)19-8-9/h1-8,15H,18H2. The van der Waals surface area contributed by atoms with Crippen LogP contribution in [0.25, 0.3) is 10.8 Å². The third-order valence-corrected chi connectivity index (χ3v) is 5.40. The number of rotatable bonds is 2. The molecule has 4 heteroatoms. The fourth-order valence-electron chi connectivity index (χ4n) is 2.22. The van der Waals surface area contributed by atoms with Crippen LogP contribution < -0.4 is 5.73 Å². The fourth-order valence-corrected chi connectivity index (χ4v) is 3.91. The molecule has 3 rings (SSSR count). The van der Waals surface area contributed by atoms with E-state index in [9.17, 15) is 0 Å². The smallest absolute Gasteiger partial charge is 0.0701 e. The van der Waals surface area contributed by atoms with Crippen molar-refractivity contribution >= 4 is 54.0 Å². The van der Waals surface area contributed by atoms with Crippen molar-refractivity contribution in [2.75, 3.05) is 0 Å². The van der Waals surface area contributed by atoms with E-state index in [-0.39, 0.29) is 6.04 Å². The SMILES string of the molecule is NC(c1csc(Br)c1)c1ccc(Br)c2ccccc12. The zero-order valence-corrected chi connectivity index (χ0v) is 13.9. The van der Waals surface area contributed by atoms with Crippen molar-refractivity contribution in [2.24, 2.45) is 5.73 Å². The topological polar surface area (TPSA) is 26.0 Å². The van der Waals surface area contributed by atoms with Crippen LogP contribution in [0.1, 0.15) is 17.2 Å². The molecular weight excluding hydrogens is 386 g/mol. The Hall–Kier alpha value is -0.680. The van der Waals surface area contributed by atoms with Gasteiger partial charge in [0, 0.05) is 4.47 Å². The van der Waals surface area contributed by atoms with Crippen molar-refractivity contribution in [2.45, 2.75) is 6.04 Å². The van der Waals surface area contributed by atoms with E-state index >= 15 is 0 Å². The predicted octanol–water partition coefficient (Wildman–Crippen LogP) is 5.47.